The first-order valence-corrected chi connectivity index (χ1v) is 8.67. The summed E-state index contributed by atoms with van der Waals surface area (Å²) in [5, 5.41) is 15.4. The number of halogens is 2. The molecule has 1 aromatic carbocycles. The summed E-state index contributed by atoms with van der Waals surface area (Å²) in [4.78, 5) is 4.25. The minimum Gasteiger partial charge on any atom is -0.378 e. The Morgan fingerprint density at radius 3 is 2.83 bits per heavy atom. The van der Waals surface area contributed by atoms with Crippen LogP contribution in [0.25, 0.3) is 0 Å². The van der Waals surface area contributed by atoms with Gasteiger partial charge in [0.05, 0.1) is 5.02 Å². The van der Waals surface area contributed by atoms with E-state index in [9.17, 15) is 5.11 Å². The number of aliphatic hydroxyl groups is 1. The van der Waals surface area contributed by atoms with E-state index in [2.05, 4.69) is 22.1 Å². The Morgan fingerprint density at radius 1 is 1.21 bits per heavy atom. The minimum absolute atomic E-state index is 0.131. The molecule has 1 aliphatic carbocycles. The third-order valence-corrected chi connectivity index (χ3v) is 4.53. The maximum atomic E-state index is 10.8. The summed E-state index contributed by atoms with van der Waals surface area (Å²) in [6.45, 7) is 0. The van der Waals surface area contributed by atoms with E-state index in [0.29, 0.717) is 22.9 Å². The molecule has 2 atom stereocenters. The average Bonchev–Trinajstić information content (AvgIpc) is 2.56. The molecule has 3 nitrogen and oxygen atoms in total. The van der Waals surface area contributed by atoms with Crippen LogP contribution >= 0.6 is 23.2 Å². The second-order valence-corrected chi connectivity index (χ2v) is 6.96. The van der Waals surface area contributed by atoms with Gasteiger partial charge in [0.15, 0.2) is 0 Å². The largest absolute Gasteiger partial charge is 0.378 e. The topological polar surface area (TPSA) is 45.1 Å². The standard InChI is InChI=1S/C19H18Cl2N2O/c20-15-4-1-3-14(11-15)8-10-19(24)9-2-5-17(12-19)23-18-7-6-16(21)13-22-18/h1,3-4,6-7,11,13,17,24H,2,5,9,12H2,(H,22,23)/t17-,19+/m1/s1. The fourth-order valence-electron chi connectivity index (χ4n) is 2.91. The van der Waals surface area contributed by atoms with Crippen LogP contribution in [-0.4, -0.2) is 21.7 Å². The van der Waals surface area contributed by atoms with E-state index in [-0.39, 0.29) is 6.04 Å². The van der Waals surface area contributed by atoms with Crippen LogP contribution < -0.4 is 5.32 Å². The molecule has 0 saturated heterocycles. The van der Waals surface area contributed by atoms with Crippen LogP contribution in [0.1, 0.15) is 31.2 Å². The van der Waals surface area contributed by atoms with Crippen molar-refractivity contribution in [2.75, 3.05) is 5.32 Å². The summed E-state index contributed by atoms with van der Waals surface area (Å²) in [5.74, 6) is 6.83. The predicted molar refractivity (Wildman–Crippen MR) is 98.4 cm³/mol. The lowest BCUT2D eigenvalue weighted by Crippen LogP contribution is -2.39. The first kappa shape index (κ1) is 17.1. The molecule has 3 rings (SSSR count). The van der Waals surface area contributed by atoms with E-state index in [4.69, 9.17) is 23.2 Å². The molecule has 24 heavy (non-hydrogen) atoms. The fraction of sp³-hybridized carbons (Fsp3) is 0.316. The number of aromatic nitrogens is 1. The van der Waals surface area contributed by atoms with Gasteiger partial charge in [-0.15, -0.1) is 0 Å². The molecular formula is C19H18Cl2N2O. The molecule has 124 valence electrons. The molecule has 1 heterocycles. The van der Waals surface area contributed by atoms with Crippen LogP contribution in [-0.2, 0) is 0 Å². The number of pyridine rings is 1. The van der Waals surface area contributed by atoms with Crippen LogP contribution in [0.3, 0.4) is 0 Å². The molecule has 0 bridgehead atoms. The Bertz CT molecular complexity index is 767. The van der Waals surface area contributed by atoms with Crippen molar-refractivity contribution in [3.8, 4) is 11.8 Å². The van der Waals surface area contributed by atoms with E-state index in [0.717, 1.165) is 24.2 Å². The van der Waals surface area contributed by atoms with Gasteiger partial charge in [0, 0.05) is 29.2 Å². The molecule has 0 unspecified atom stereocenters. The third kappa shape index (κ3) is 4.64. The summed E-state index contributed by atoms with van der Waals surface area (Å²) >= 11 is 11.8. The molecule has 1 saturated carbocycles. The van der Waals surface area contributed by atoms with Crippen molar-refractivity contribution in [3.05, 3.63) is 58.2 Å². The Balaban J connectivity index is 1.69. The van der Waals surface area contributed by atoms with Crippen molar-refractivity contribution < 1.29 is 5.11 Å². The number of anilines is 1. The summed E-state index contributed by atoms with van der Waals surface area (Å²) in [7, 11) is 0. The predicted octanol–water partition coefficient (Wildman–Crippen LogP) is 4.53. The minimum atomic E-state index is -0.995. The maximum absolute atomic E-state index is 10.8. The van der Waals surface area contributed by atoms with Gasteiger partial charge in [-0.1, -0.05) is 41.1 Å². The van der Waals surface area contributed by atoms with Gasteiger partial charge in [-0.25, -0.2) is 4.98 Å². The summed E-state index contributed by atoms with van der Waals surface area (Å²) in [6, 6.07) is 11.1. The van der Waals surface area contributed by atoms with Gasteiger partial charge in [-0.05, 0) is 49.6 Å². The molecule has 2 N–H and O–H groups in total. The zero-order chi connectivity index (χ0) is 17.0. The summed E-state index contributed by atoms with van der Waals surface area (Å²) in [5.41, 5.74) is -0.185. The Morgan fingerprint density at radius 2 is 2.08 bits per heavy atom. The molecule has 2 aromatic rings. The highest BCUT2D eigenvalue weighted by atomic mass is 35.5. The number of benzene rings is 1. The van der Waals surface area contributed by atoms with Crippen molar-refractivity contribution in [2.24, 2.45) is 0 Å². The molecular weight excluding hydrogens is 343 g/mol. The monoisotopic (exact) mass is 360 g/mol. The van der Waals surface area contributed by atoms with E-state index in [1.807, 2.05) is 18.2 Å². The molecule has 1 fully saturated rings. The van der Waals surface area contributed by atoms with Crippen molar-refractivity contribution in [3.63, 3.8) is 0 Å². The number of nitrogens with one attached hydrogen (secondary N) is 1. The average molecular weight is 361 g/mol. The van der Waals surface area contributed by atoms with Crippen LogP contribution in [0.4, 0.5) is 5.82 Å². The second kappa shape index (κ2) is 7.44. The van der Waals surface area contributed by atoms with Gasteiger partial charge >= 0.3 is 0 Å². The van der Waals surface area contributed by atoms with E-state index in [1.165, 1.54) is 0 Å². The lowest BCUT2D eigenvalue weighted by molar-refractivity contribution is 0.0561. The van der Waals surface area contributed by atoms with Gasteiger partial charge < -0.3 is 10.4 Å². The fourth-order valence-corrected chi connectivity index (χ4v) is 3.22. The molecule has 0 radical (unpaired) electrons. The van der Waals surface area contributed by atoms with Gasteiger partial charge in [0.1, 0.15) is 11.4 Å². The Kier molecular flexibility index (Phi) is 5.30. The van der Waals surface area contributed by atoms with Crippen LogP contribution in [0, 0.1) is 11.8 Å². The number of nitrogens with zero attached hydrogens (tertiary/aromatic N) is 1. The van der Waals surface area contributed by atoms with Gasteiger partial charge in [-0.3, -0.25) is 0 Å². The van der Waals surface area contributed by atoms with Gasteiger partial charge in [0.2, 0.25) is 0 Å². The van der Waals surface area contributed by atoms with Gasteiger partial charge in [-0.2, -0.15) is 0 Å². The maximum Gasteiger partial charge on any atom is 0.127 e. The third-order valence-electron chi connectivity index (χ3n) is 4.07. The SMILES string of the molecule is O[C@]1(C#Cc2cccc(Cl)c2)CCC[C@@H](Nc2ccc(Cl)cn2)C1. The van der Waals surface area contributed by atoms with Crippen LogP contribution in [0.2, 0.25) is 10.0 Å². The zero-order valence-corrected chi connectivity index (χ0v) is 14.6. The molecule has 0 amide bonds. The molecule has 5 heteroatoms. The lowest BCUT2D eigenvalue weighted by Gasteiger charge is -2.33. The molecule has 0 aliphatic heterocycles. The highest BCUT2D eigenvalue weighted by molar-refractivity contribution is 6.30. The first-order valence-electron chi connectivity index (χ1n) is 7.92. The number of hydrogen-bond donors (Lipinski definition) is 2. The van der Waals surface area contributed by atoms with Crippen LogP contribution in [0.15, 0.2) is 42.6 Å². The Hall–Kier alpha value is -1.73. The molecule has 1 aliphatic rings. The smallest absolute Gasteiger partial charge is 0.127 e. The van der Waals surface area contributed by atoms with Gasteiger partial charge in [0.25, 0.3) is 0 Å². The Labute approximate surface area is 152 Å². The lowest BCUT2D eigenvalue weighted by atomic mass is 9.82. The van der Waals surface area contributed by atoms with E-state index < -0.39 is 5.60 Å². The highest BCUT2D eigenvalue weighted by Crippen LogP contribution is 2.30. The normalized spacial score (nSPS) is 23.2. The highest BCUT2D eigenvalue weighted by Gasteiger charge is 2.32. The second-order valence-electron chi connectivity index (χ2n) is 6.09. The zero-order valence-electron chi connectivity index (χ0n) is 13.1. The van der Waals surface area contributed by atoms with Crippen molar-refractivity contribution in [1.82, 2.24) is 4.98 Å². The quantitative estimate of drug-likeness (QED) is 0.773. The van der Waals surface area contributed by atoms with Crippen LogP contribution in [0.5, 0.6) is 0 Å². The molecule has 1 aromatic heterocycles. The number of rotatable bonds is 2. The first-order chi connectivity index (χ1) is 11.5. The number of hydrogen-bond acceptors (Lipinski definition) is 3. The summed E-state index contributed by atoms with van der Waals surface area (Å²) < 4.78 is 0. The van der Waals surface area contributed by atoms with Crippen molar-refractivity contribution in [2.45, 2.75) is 37.3 Å². The molecule has 0 spiro atoms. The van der Waals surface area contributed by atoms with Crippen molar-refractivity contribution >= 4 is 29.0 Å². The van der Waals surface area contributed by atoms with Crippen molar-refractivity contribution in [1.29, 1.82) is 0 Å². The van der Waals surface area contributed by atoms with E-state index in [1.54, 1.807) is 24.4 Å². The summed E-state index contributed by atoms with van der Waals surface area (Å²) in [6.07, 6.45) is 4.73. The van der Waals surface area contributed by atoms with E-state index >= 15 is 0 Å².